The zero-order chi connectivity index (χ0) is 12.0. The summed E-state index contributed by atoms with van der Waals surface area (Å²) < 4.78 is 0.796. The van der Waals surface area contributed by atoms with Gasteiger partial charge in [0.15, 0.2) is 0 Å². The SMILES string of the molecule is C=CC[N@@+](C)(Cc1ccccc1)[C@@H](C)CO. The highest BCUT2D eigenvalue weighted by molar-refractivity contribution is 5.13. The lowest BCUT2D eigenvalue weighted by Crippen LogP contribution is -2.51. The summed E-state index contributed by atoms with van der Waals surface area (Å²) in [6, 6.07) is 10.6. The van der Waals surface area contributed by atoms with Crippen LogP contribution in [0.1, 0.15) is 12.5 Å². The Morgan fingerprint density at radius 1 is 1.38 bits per heavy atom. The van der Waals surface area contributed by atoms with Crippen LogP contribution in [0.4, 0.5) is 0 Å². The number of quaternary nitrogens is 1. The molecule has 2 atom stereocenters. The fraction of sp³-hybridized carbons (Fsp3) is 0.429. The van der Waals surface area contributed by atoms with Gasteiger partial charge in [-0.2, -0.15) is 0 Å². The van der Waals surface area contributed by atoms with E-state index in [0.717, 1.165) is 17.6 Å². The van der Waals surface area contributed by atoms with E-state index in [-0.39, 0.29) is 12.6 Å². The minimum Gasteiger partial charge on any atom is -0.390 e. The van der Waals surface area contributed by atoms with Crippen molar-refractivity contribution in [3.05, 3.63) is 48.6 Å². The van der Waals surface area contributed by atoms with Crippen molar-refractivity contribution < 1.29 is 9.59 Å². The van der Waals surface area contributed by atoms with Crippen LogP contribution in [0.5, 0.6) is 0 Å². The lowest BCUT2D eigenvalue weighted by Gasteiger charge is -2.38. The van der Waals surface area contributed by atoms with Crippen LogP contribution in [0.2, 0.25) is 0 Å². The molecule has 2 heteroatoms. The van der Waals surface area contributed by atoms with Crippen LogP contribution in [0.15, 0.2) is 43.0 Å². The van der Waals surface area contributed by atoms with Crippen LogP contribution < -0.4 is 0 Å². The molecule has 2 nitrogen and oxygen atoms in total. The summed E-state index contributed by atoms with van der Waals surface area (Å²) in [5, 5.41) is 9.33. The van der Waals surface area contributed by atoms with E-state index in [4.69, 9.17) is 0 Å². The summed E-state index contributed by atoms with van der Waals surface area (Å²) in [6.45, 7) is 7.88. The molecule has 0 fully saturated rings. The van der Waals surface area contributed by atoms with E-state index in [1.807, 2.05) is 12.1 Å². The molecule has 0 bridgehead atoms. The van der Waals surface area contributed by atoms with Gasteiger partial charge in [0.25, 0.3) is 0 Å². The molecule has 16 heavy (non-hydrogen) atoms. The van der Waals surface area contributed by atoms with Gasteiger partial charge in [-0.1, -0.05) is 36.9 Å². The van der Waals surface area contributed by atoms with Crippen molar-refractivity contribution in [1.82, 2.24) is 0 Å². The van der Waals surface area contributed by atoms with E-state index >= 15 is 0 Å². The minimum absolute atomic E-state index is 0.206. The molecule has 1 N–H and O–H groups in total. The van der Waals surface area contributed by atoms with Crippen molar-refractivity contribution in [2.24, 2.45) is 0 Å². The van der Waals surface area contributed by atoms with E-state index < -0.39 is 0 Å². The first-order chi connectivity index (χ1) is 7.62. The highest BCUT2D eigenvalue weighted by Crippen LogP contribution is 2.16. The fourth-order valence-electron chi connectivity index (χ4n) is 1.89. The van der Waals surface area contributed by atoms with Gasteiger partial charge in [0, 0.05) is 5.56 Å². The standard InChI is InChI=1S/C14H22NO/c1-4-10-15(3,13(2)12-16)11-14-8-6-5-7-9-14/h4-9,13,16H,1,10-12H2,2-3H3/q+1/t13-,15-/m0/s1. The third kappa shape index (κ3) is 3.19. The van der Waals surface area contributed by atoms with E-state index in [1.54, 1.807) is 0 Å². The number of hydrogen-bond donors (Lipinski definition) is 1. The van der Waals surface area contributed by atoms with Gasteiger partial charge >= 0.3 is 0 Å². The molecule has 0 amide bonds. The first-order valence-electron chi connectivity index (χ1n) is 5.72. The number of nitrogens with zero attached hydrogens (tertiary/aromatic N) is 1. The second-order valence-electron chi connectivity index (χ2n) is 4.63. The van der Waals surface area contributed by atoms with Gasteiger partial charge in [-0.05, 0) is 13.0 Å². The van der Waals surface area contributed by atoms with Crippen molar-refractivity contribution >= 4 is 0 Å². The highest BCUT2D eigenvalue weighted by Gasteiger charge is 2.27. The summed E-state index contributed by atoms with van der Waals surface area (Å²) in [5.41, 5.74) is 1.30. The number of likely N-dealkylation sites (N-methyl/N-ethyl adjacent to an activating group) is 1. The third-order valence-electron chi connectivity index (χ3n) is 3.26. The number of aliphatic hydroxyl groups is 1. The Bertz CT molecular complexity index is 323. The number of rotatable bonds is 6. The minimum atomic E-state index is 0.206. The first kappa shape index (κ1) is 12.9. The maximum atomic E-state index is 9.33. The van der Waals surface area contributed by atoms with Crippen LogP contribution in [0, 0.1) is 0 Å². The van der Waals surface area contributed by atoms with Gasteiger partial charge in [-0.25, -0.2) is 0 Å². The molecule has 0 aliphatic heterocycles. The van der Waals surface area contributed by atoms with Gasteiger partial charge in [-0.15, -0.1) is 0 Å². The normalized spacial score (nSPS) is 16.4. The molecule has 0 heterocycles. The Kier molecular flexibility index (Phi) is 4.71. The zero-order valence-electron chi connectivity index (χ0n) is 10.3. The van der Waals surface area contributed by atoms with Crippen LogP contribution in [0.25, 0.3) is 0 Å². The Hall–Kier alpha value is -1.12. The molecule has 0 radical (unpaired) electrons. The van der Waals surface area contributed by atoms with Gasteiger partial charge in [0.1, 0.15) is 12.6 Å². The maximum Gasteiger partial charge on any atom is 0.110 e. The quantitative estimate of drug-likeness (QED) is 0.575. The van der Waals surface area contributed by atoms with Gasteiger partial charge in [0.2, 0.25) is 0 Å². The van der Waals surface area contributed by atoms with Crippen molar-refractivity contribution in [2.75, 3.05) is 20.2 Å². The van der Waals surface area contributed by atoms with Crippen molar-refractivity contribution in [3.8, 4) is 0 Å². The van der Waals surface area contributed by atoms with Crippen LogP contribution in [-0.4, -0.2) is 35.8 Å². The predicted molar refractivity (Wildman–Crippen MR) is 67.9 cm³/mol. The van der Waals surface area contributed by atoms with Crippen molar-refractivity contribution in [2.45, 2.75) is 19.5 Å². The van der Waals surface area contributed by atoms with Crippen molar-refractivity contribution in [1.29, 1.82) is 0 Å². The van der Waals surface area contributed by atoms with E-state index in [2.05, 4.69) is 44.8 Å². The third-order valence-corrected chi connectivity index (χ3v) is 3.26. The number of hydrogen-bond acceptors (Lipinski definition) is 1. The molecule has 88 valence electrons. The van der Waals surface area contributed by atoms with Crippen LogP contribution >= 0.6 is 0 Å². The largest absolute Gasteiger partial charge is 0.390 e. The molecule has 1 aromatic rings. The number of benzene rings is 1. The predicted octanol–water partition coefficient (Wildman–Crippen LogP) is 2.20. The molecule has 1 aromatic carbocycles. The molecule has 1 rings (SSSR count). The summed E-state index contributed by atoms with van der Waals surface area (Å²) in [5.74, 6) is 0. The molecule has 0 saturated heterocycles. The van der Waals surface area contributed by atoms with Crippen LogP contribution in [-0.2, 0) is 6.54 Å². The van der Waals surface area contributed by atoms with Gasteiger partial charge in [-0.3, -0.25) is 0 Å². The molecule has 0 spiro atoms. The van der Waals surface area contributed by atoms with Gasteiger partial charge in [0.05, 0.1) is 20.2 Å². The topological polar surface area (TPSA) is 20.2 Å². The molecule has 0 unspecified atom stereocenters. The second kappa shape index (κ2) is 5.83. The van der Waals surface area contributed by atoms with E-state index in [0.29, 0.717) is 0 Å². The average Bonchev–Trinajstić information content (AvgIpc) is 2.29. The first-order valence-corrected chi connectivity index (χ1v) is 5.72. The Labute approximate surface area is 98.4 Å². The smallest absolute Gasteiger partial charge is 0.110 e. The van der Waals surface area contributed by atoms with E-state index in [1.165, 1.54) is 5.56 Å². The second-order valence-corrected chi connectivity index (χ2v) is 4.63. The summed E-state index contributed by atoms with van der Waals surface area (Å²) >= 11 is 0. The lowest BCUT2D eigenvalue weighted by molar-refractivity contribution is -0.939. The molecule has 0 aromatic heterocycles. The summed E-state index contributed by atoms with van der Waals surface area (Å²) in [4.78, 5) is 0. The highest BCUT2D eigenvalue weighted by atomic mass is 16.3. The summed E-state index contributed by atoms with van der Waals surface area (Å²) in [7, 11) is 2.16. The molecular formula is C14H22NO+. The molecular weight excluding hydrogens is 198 g/mol. The molecule has 0 aliphatic rings. The van der Waals surface area contributed by atoms with Crippen molar-refractivity contribution in [3.63, 3.8) is 0 Å². The molecule has 0 aliphatic carbocycles. The van der Waals surface area contributed by atoms with E-state index in [9.17, 15) is 5.11 Å². The average molecular weight is 220 g/mol. The molecule has 0 saturated carbocycles. The van der Waals surface area contributed by atoms with Gasteiger partial charge < -0.3 is 9.59 Å². The fourth-order valence-corrected chi connectivity index (χ4v) is 1.89. The number of aliphatic hydroxyl groups excluding tert-OH is 1. The Balaban J connectivity index is 2.82. The zero-order valence-corrected chi connectivity index (χ0v) is 10.3. The monoisotopic (exact) mass is 220 g/mol. The summed E-state index contributed by atoms with van der Waals surface area (Å²) in [6.07, 6.45) is 1.93. The Morgan fingerprint density at radius 3 is 2.50 bits per heavy atom. The lowest BCUT2D eigenvalue weighted by atomic mass is 10.1. The Morgan fingerprint density at radius 2 is 2.00 bits per heavy atom. The van der Waals surface area contributed by atoms with Crippen LogP contribution in [0.3, 0.4) is 0 Å². The maximum absolute atomic E-state index is 9.33.